The Morgan fingerprint density at radius 2 is 1.90 bits per heavy atom. The van der Waals surface area contributed by atoms with E-state index in [9.17, 15) is 0 Å². The second-order valence-corrected chi connectivity index (χ2v) is 5.54. The molecule has 0 aliphatic heterocycles. The van der Waals surface area contributed by atoms with Crippen LogP contribution in [0, 0.1) is 0 Å². The van der Waals surface area contributed by atoms with Crippen LogP contribution in [0.4, 0.5) is 0 Å². The van der Waals surface area contributed by atoms with Gasteiger partial charge in [0.2, 0.25) is 0 Å². The molecule has 0 atom stereocenters. The Bertz CT molecular complexity index is 604. The highest BCUT2D eigenvalue weighted by molar-refractivity contribution is 9.10. The fraction of sp³-hybridized carbons (Fsp3) is 0.200. The number of ether oxygens (including phenoxy) is 2. The SMILES string of the molecule is COc1ccc(COc2ccc(Br)cc2Cl)cc1CN. The summed E-state index contributed by atoms with van der Waals surface area (Å²) in [6.45, 7) is 0.856. The van der Waals surface area contributed by atoms with Gasteiger partial charge < -0.3 is 15.2 Å². The molecule has 0 saturated carbocycles. The number of rotatable bonds is 5. The molecule has 0 amide bonds. The minimum atomic E-state index is 0.427. The molecule has 5 heteroatoms. The monoisotopic (exact) mass is 355 g/mol. The molecular formula is C15H15BrClNO2. The number of methoxy groups -OCH3 is 1. The molecule has 20 heavy (non-hydrogen) atoms. The van der Waals surface area contributed by atoms with Crippen LogP contribution in [-0.2, 0) is 13.2 Å². The molecule has 0 aromatic heterocycles. The summed E-state index contributed by atoms with van der Waals surface area (Å²) in [6, 6.07) is 11.3. The Hall–Kier alpha value is -1.23. The van der Waals surface area contributed by atoms with Crippen molar-refractivity contribution in [3.8, 4) is 11.5 Å². The first-order valence-electron chi connectivity index (χ1n) is 6.07. The number of hydrogen-bond acceptors (Lipinski definition) is 3. The van der Waals surface area contributed by atoms with Crippen LogP contribution in [0.15, 0.2) is 40.9 Å². The first kappa shape index (κ1) is 15.2. The second kappa shape index (κ2) is 6.97. The molecule has 0 saturated heterocycles. The van der Waals surface area contributed by atoms with E-state index in [0.29, 0.717) is 23.9 Å². The third kappa shape index (κ3) is 3.66. The highest BCUT2D eigenvalue weighted by Crippen LogP contribution is 2.28. The summed E-state index contributed by atoms with van der Waals surface area (Å²) >= 11 is 9.47. The van der Waals surface area contributed by atoms with Crippen molar-refractivity contribution in [2.45, 2.75) is 13.2 Å². The maximum Gasteiger partial charge on any atom is 0.138 e. The zero-order chi connectivity index (χ0) is 14.5. The van der Waals surface area contributed by atoms with Crippen molar-refractivity contribution in [2.75, 3.05) is 7.11 Å². The largest absolute Gasteiger partial charge is 0.496 e. The normalized spacial score (nSPS) is 10.4. The van der Waals surface area contributed by atoms with Gasteiger partial charge in [-0.15, -0.1) is 0 Å². The second-order valence-electron chi connectivity index (χ2n) is 4.21. The van der Waals surface area contributed by atoms with Crippen molar-refractivity contribution < 1.29 is 9.47 Å². The van der Waals surface area contributed by atoms with Crippen molar-refractivity contribution >= 4 is 27.5 Å². The van der Waals surface area contributed by atoms with Gasteiger partial charge in [-0.2, -0.15) is 0 Å². The van der Waals surface area contributed by atoms with E-state index in [1.165, 1.54) is 0 Å². The number of hydrogen-bond donors (Lipinski definition) is 1. The van der Waals surface area contributed by atoms with Gasteiger partial charge in [0.25, 0.3) is 0 Å². The topological polar surface area (TPSA) is 44.5 Å². The lowest BCUT2D eigenvalue weighted by Gasteiger charge is -2.11. The average Bonchev–Trinajstić information content (AvgIpc) is 2.46. The van der Waals surface area contributed by atoms with Crippen molar-refractivity contribution in [2.24, 2.45) is 5.73 Å². The van der Waals surface area contributed by atoms with Gasteiger partial charge in [-0.25, -0.2) is 0 Å². The van der Waals surface area contributed by atoms with E-state index in [1.54, 1.807) is 13.2 Å². The molecule has 0 radical (unpaired) electrons. The summed E-state index contributed by atoms with van der Waals surface area (Å²) in [4.78, 5) is 0. The zero-order valence-electron chi connectivity index (χ0n) is 11.0. The van der Waals surface area contributed by atoms with E-state index < -0.39 is 0 Å². The van der Waals surface area contributed by atoms with Crippen LogP contribution in [-0.4, -0.2) is 7.11 Å². The summed E-state index contributed by atoms with van der Waals surface area (Å²) in [5.74, 6) is 1.44. The number of nitrogens with two attached hydrogens (primary N) is 1. The highest BCUT2D eigenvalue weighted by Gasteiger charge is 2.05. The fourth-order valence-corrected chi connectivity index (χ4v) is 2.56. The Morgan fingerprint density at radius 1 is 1.15 bits per heavy atom. The van der Waals surface area contributed by atoms with Gasteiger partial charge in [0.15, 0.2) is 0 Å². The van der Waals surface area contributed by atoms with Gasteiger partial charge in [0.1, 0.15) is 18.1 Å². The minimum absolute atomic E-state index is 0.427. The van der Waals surface area contributed by atoms with Crippen LogP contribution in [0.2, 0.25) is 5.02 Å². The van der Waals surface area contributed by atoms with Crippen molar-refractivity contribution in [1.29, 1.82) is 0 Å². The smallest absolute Gasteiger partial charge is 0.138 e. The van der Waals surface area contributed by atoms with Gasteiger partial charge in [0, 0.05) is 16.6 Å². The Balaban J connectivity index is 2.10. The molecular weight excluding hydrogens is 342 g/mol. The lowest BCUT2D eigenvalue weighted by molar-refractivity contribution is 0.306. The summed E-state index contributed by atoms with van der Waals surface area (Å²) in [5.41, 5.74) is 7.67. The van der Waals surface area contributed by atoms with E-state index in [0.717, 1.165) is 21.3 Å². The van der Waals surface area contributed by atoms with E-state index >= 15 is 0 Å². The Labute approximate surface area is 131 Å². The van der Waals surface area contributed by atoms with Crippen LogP contribution in [0.1, 0.15) is 11.1 Å². The Morgan fingerprint density at radius 3 is 2.55 bits per heavy atom. The third-order valence-corrected chi connectivity index (χ3v) is 3.64. The van der Waals surface area contributed by atoms with Gasteiger partial charge >= 0.3 is 0 Å². The molecule has 0 unspecified atom stereocenters. The van der Waals surface area contributed by atoms with Crippen LogP contribution >= 0.6 is 27.5 Å². The van der Waals surface area contributed by atoms with Gasteiger partial charge in [-0.3, -0.25) is 0 Å². The van der Waals surface area contributed by atoms with Gasteiger partial charge in [-0.05, 0) is 35.9 Å². The molecule has 0 spiro atoms. The van der Waals surface area contributed by atoms with Gasteiger partial charge in [0.05, 0.1) is 12.1 Å². The van der Waals surface area contributed by atoms with E-state index in [1.807, 2.05) is 30.3 Å². The summed E-state index contributed by atoms with van der Waals surface area (Å²) in [6.07, 6.45) is 0. The van der Waals surface area contributed by atoms with E-state index in [-0.39, 0.29) is 0 Å². The minimum Gasteiger partial charge on any atom is -0.496 e. The molecule has 0 fully saturated rings. The predicted molar refractivity (Wildman–Crippen MR) is 84.4 cm³/mol. The maximum atomic E-state index is 6.11. The molecule has 0 heterocycles. The number of halogens is 2. The molecule has 2 aromatic rings. The van der Waals surface area contributed by atoms with E-state index in [2.05, 4.69) is 15.9 Å². The van der Waals surface area contributed by atoms with E-state index in [4.69, 9.17) is 26.8 Å². The molecule has 0 aliphatic carbocycles. The summed E-state index contributed by atoms with van der Waals surface area (Å²) < 4.78 is 11.9. The molecule has 0 bridgehead atoms. The lowest BCUT2D eigenvalue weighted by atomic mass is 10.1. The van der Waals surface area contributed by atoms with Crippen LogP contribution in [0.25, 0.3) is 0 Å². The molecule has 3 nitrogen and oxygen atoms in total. The predicted octanol–water partition coefficient (Wildman–Crippen LogP) is 4.15. The van der Waals surface area contributed by atoms with Crippen LogP contribution < -0.4 is 15.2 Å². The fourth-order valence-electron chi connectivity index (χ4n) is 1.83. The summed E-state index contributed by atoms with van der Waals surface area (Å²) in [7, 11) is 1.63. The zero-order valence-corrected chi connectivity index (χ0v) is 13.4. The van der Waals surface area contributed by atoms with Crippen molar-refractivity contribution in [3.05, 3.63) is 57.0 Å². The molecule has 106 valence electrons. The standard InChI is InChI=1S/C15H15BrClNO2/c1-19-14-4-2-10(6-11(14)8-18)9-20-15-5-3-12(16)7-13(15)17/h2-7H,8-9,18H2,1H3. The first-order chi connectivity index (χ1) is 9.63. The van der Waals surface area contributed by atoms with Crippen molar-refractivity contribution in [1.82, 2.24) is 0 Å². The first-order valence-corrected chi connectivity index (χ1v) is 7.25. The average molecular weight is 357 g/mol. The maximum absolute atomic E-state index is 6.11. The lowest BCUT2D eigenvalue weighted by Crippen LogP contribution is -2.02. The third-order valence-electron chi connectivity index (χ3n) is 2.85. The molecule has 2 aromatic carbocycles. The molecule has 2 N–H and O–H groups in total. The highest BCUT2D eigenvalue weighted by atomic mass is 79.9. The number of benzene rings is 2. The summed E-state index contributed by atoms with van der Waals surface area (Å²) in [5, 5.41) is 0.576. The quantitative estimate of drug-likeness (QED) is 0.875. The molecule has 0 aliphatic rings. The van der Waals surface area contributed by atoms with Gasteiger partial charge in [-0.1, -0.05) is 33.6 Å². The van der Waals surface area contributed by atoms with Crippen LogP contribution in [0.5, 0.6) is 11.5 Å². The van der Waals surface area contributed by atoms with Crippen molar-refractivity contribution in [3.63, 3.8) is 0 Å². The van der Waals surface area contributed by atoms with Crippen LogP contribution in [0.3, 0.4) is 0 Å². The molecule has 2 rings (SSSR count). The Kier molecular flexibility index (Phi) is 5.29.